The standard InChI is InChI=1S/C8H12O2S2/c1-6-2-3-7-4-5-11-8(7)12(6,9)10/h4-6,9-10H,2-3H2,1H3. The summed E-state index contributed by atoms with van der Waals surface area (Å²) in [7, 11) is -2.46. The van der Waals surface area contributed by atoms with E-state index in [4.69, 9.17) is 0 Å². The number of thiophene rings is 1. The van der Waals surface area contributed by atoms with Crippen LogP contribution in [0.3, 0.4) is 0 Å². The van der Waals surface area contributed by atoms with Gasteiger partial charge in [0.25, 0.3) is 0 Å². The normalized spacial score (nSPS) is 29.4. The highest BCUT2D eigenvalue weighted by Gasteiger charge is 2.31. The number of aryl methyl sites for hydroxylation is 1. The van der Waals surface area contributed by atoms with Crippen molar-refractivity contribution in [1.29, 1.82) is 0 Å². The fourth-order valence-electron chi connectivity index (χ4n) is 1.48. The number of hydrogen-bond donors (Lipinski definition) is 2. The summed E-state index contributed by atoms with van der Waals surface area (Å²) < 4.78 is 20.5. The molecule has 4 heteroatoms. The molecule has 2 N–H and O–H groups in total. The molecular weight excluding hydrogens is 192 g/mol. The third-order valence-corrected chi connectivity index (χ3v) is 6.30. The fourth-order valence-corrected chi connectivity index (χ4v) is 4.75. The highest BCUT2D eigenvalue weighted by atomic mass is 32.3. The second-order valence-electron chi connectivity index (χ2n) is 3.18. The first-order chi connectivity index (χ1) is 5.62. The molecule has 1 aromatic heterocycles. The van der Waals surface area contributed by atoms with Crippen LogP contribution in [0.25, 0.3) is 0 Å². The van der Waals surface area contributed by atoms with Gasteiger partial charge in [-0.2, -0.15) is 10.6 Å². The molecule has 1 unspecified atom stereocenters. The van der Waals surface area contributed by atoms with Crippen LogP contribution in [0.15, 0.2) is 15.7 Å². The molecule has 2 rings (SSSR count). The predicted octanol–water partition coefficient (Wildman–Crippen LogP) is 3.19. The van der Waals surface area contributed by atoms with Gasteiger partial charge >= 0.3 is 0 Å². The summed E-state index contributed by atoms with van der Waals surface area (Å²) >= 11 is 1.47. The van der Waals surface area contributed by atoms with Crippen LogP contribution in [0.2, 0.25) is 0 Å². The first-order valence-corrected chi connectivity index (χ1v) is 6.45. The Bertz CT molecular complexity index is 293. The molecule has 0 amide bonds. The molecule has 1 aliphatic heterocycles. The summed E-state index contributed by atoms with van der Waals surface area (Å²) in [5.74, 6) is 0. The minimum absolute atomic E-state index is 0.0312. The molecule has 2 nitrogen and oxygen atoms in total. The maximum atomic E-state index is 9.83. The lowest BCUT2D eigenvalue weighted by molar-refractivity contribution is 0.463. The van der Waals surface area contributed by atoms with Crippen LogP contribution in [-0.2, 0) is 6.42 Å². The van der Waals surface area contributed by atoms with Crippen molar-refractivity contribution in [3.05, 3.63) is 17.0 Å². The van der Waals surface area contributed by atoms with Gasteiger partial charge in [-0.05, 0) is 36.8 Å². The molecule has 1 aromatic rings. The Hall–Kier alpha value is -0.0300. The van der Waals surface area contributed by atoms with Gasteiger partial charge in [0, 0.05) is 0 Å². The molecule has 1 aliphatic rings. The second-order valence-corrected chi connectivity index (χ2v) is 6.75. The molecule has 12 heavy (non-hydrogen) atoms. The largest absolute Gasteiger partial charge is 0.294 e. The zero-order valence-electron chi connectivity index (χ0n) is 6.86. The lowest BCUT2D eigenvalue weighted by Crippen LogP contribution is -2.19. The summed E-state index contributed by atoms with van der Waals surface area (Å²) in [5.41, 5.74) is 1.14. The minimum atomic E-state index is -2.46. The quantitative estimate of drug-likeness (QED) is 0.681. The average Bonchev–Trinajstić information content (AvgIpc) is 2.46. The van der Waals surface area contributed by atoms with E-state index in [1.807, 2.05) is 18.4 Å². The Balaban J connectivity index is 2.49. The molecule has 0 spiro atoms. The lowest BCUT2D eigenvalue weighted by Gasteiger charge is -2.41. The average molecular weight is 204 g/mol. The van der Waals surface area contributed by atoms with Crippen molar-refractivity contribution < 1.29 is 9.11 Å². The molecule has 0 aliphatic carbocycles. The van der Waals surface area contributed by atoms with E-state index in [0.717, 1.165) is 22.6 Å². The van der Waals surface area contributed by atoms with Crippen molar-refractivity contribution in [2.24, 2.45) is 0 Å². The van der Waals surface area contributed by atoms with Crippen LogP contribution in [0.4, 0.5) is 0 Å². The summed E-state index contributed by atoms with van der Waals surface area (Å²) in [6, 6.07) is 2.00. The maximum absolute atomic E-state index is 9.83. The van der Waals surface area contributed by atoms with Gasteiger partial charge in [-0.15, -0.1) is 11.3 Å². The van der Waals surface area contributed by atoms with Crippen LogP contribution in [-0.4, -0.2) is 14.4 Å². The topological polar surface area (TPSA) is 40.5 Å². The molecule has 0 radical (unpaired) electrons. The van der Waals surface area contributed by atoms with Gasteiger partial charge < -0.3 is 0 Å². The van der Waals surface area contributed by atoms with E-state index in [2.05, 4.69) is 0 Å². The molecule has 0 saturated carbocycles. The third kappa shape index (κ3) is 1.10. The van der Waals surface area contributed by atoms with Crippen molar-refractivity contribution in [2.75, 3.05) is 0 Å². The number of fused-ring (bicyclic) bond motifs is 1. The molecule has 1 atom stereocenters. The minimum Gasteiger partial charge on any atom is -0.294 e. The molecule has 0 bridgehead atoms. The van der Waals surface area contributed by atoms with Crippen molar-refractivity contribution in [1.82, 2.24) is 0 Å². The van der Waals surface area contributed by atoms with Crippen molar-refractivity contribution >= 4 is 21.9 Å². The van der Waals surface area contributed by atoms with E-state index in [1.165, 1.54) is 11.3 Å². The molecule has 0 fully saturated rings. The zero-order chi connectivity index (χ0) is 8.77. The van der Waals surface area contributed by atoms with Crippen molar-refractivity contribution in [3.63, 3.8) is 0 Å². The maximum Gasteiger partial charge on any atom is 0.114 e. The Morgan fingerprint density at radius 2 is 2.33 bits per heavy atom. The van der Waals surface area contributed by atoms with Crippen molar-refractivity contribution in [2.45, 2.75) is 29.2 Å². The van der Waals surface area contributed by atoms with Gasteiger partial charge in [0.05, 0.1) is 5.25 Å². The molecule has 0 saturated heterocycles. The van der Waals surface area contributed by atoms with E-state index >= 15 is 0 Å². The van der Waals surface area contributed by atoms with Gasteiger partial charge in [0.15, 0.2) is 0 Å². The molecule has 2 heterocycles. The third-order valence-electron chi connectivity index (χ3n) is 2.36. The first-order valence-electron chi connectivity index (χ1n) is 3.96. The summed E-state index contributed by atoms with van der Waals surface area (Å²) in [6.07, 6.45) is 1.89. The molecular formula is C8H12O2S2. The van der Waals surface area contributed by atoms with E-state index in [9.17, 15) is 9.11 Å². The van der Waals surface area contributed by atoms with Gasteiger partial charge in [-0.3, -0.25) is 9.11 Å². The van der Waals surface area contributed by atoms with Crippen molar-refractivity contribution in [3.8, 4) is 0 Å². The van der Waals surface area contributed by atoms with E-state index in [-0.39, 0.29) is 5.25 Å². The summed E-state index contributed by atoms with van der Waals surface area (Å²) in [6.45, 7) is 1.91. The van der Waals surface area contributed by atoms with Gasteiger partial charge in [-0.1, -0.05) is 0 Å². The van der Waals surface area contributed by atoms with Crippen LogP contribution in [0.1, 0.15) is 18.9 Å². The number of hydrogen-bond acceptors (Lipinski definition) is 3. The highest BCUT2D eigenvalue weighted by molar-refractivity contribution is 8.26. The Kier molecular flexibility index (Phi) is 1.95. The lowest BCUT2D eigenvalue weighted by atomic mass is 10.1. The monoisotopic (exact) mass is 204 g/mol. The van der Waals surface area contributed by atoms with E-state index in [0.29, 0.717) is 0 Å². The Labute approximate surface area is 77.6 Å². The summed E-state index contributed by atoms with van der Waals surface area (Å²) in [5, 5.41) is 1.97. The Morgan fingerprint density at radius 3 is 3.08 bits per heavy atom. The van der Waals surface area contributed by atoms with Crippen LogP contribution in [0, 0.1) is 0 Å². The van der Waals surface area contributed by atoms with Crippen LogP contribution in [0.5, 0.6) is 0 Å². The van der Waals surface area contributed by atoms with E-state index < -0.39 is 10.6 Å². The SMILES string of the molecule is CC1CCc2ccsc2S1(O)O. The highest BCUT2D eigenvalue weighted by Crippen LogP contribution is 2.59. The van der Waals surface area contributed by atoms with Crippen LogP contribution >= 0.6 is 21.9 Å². The first kappa shape index (κ1) is 8.56. The molecule has 0 aromatic carbocycles. The Morgan fingerprint density at radius 1 is 1.58 bits per heavy atom. The van der Waals surface area contributed by atoms with Crippen LogP contribution < -0.4 is 0 Å². The predicted molar refractivity (Wildman–Crippen MR) is 53.2 cm³/mol. The summed E-state index contributed by atoms with van der Waals surface area (Å²) in [4.78, 5) is 0. The number of rotatable bonds is 0. The zero-order valence-corrected chi connectivity index (χ0v) is 8.49. The second kappa shape index (κ2) is 2.73. The van der Waals surface area contributed by atoms with Gasteiger partial charge in [0.2, 0.25) is 0 Å². The van der Waals surface area contributed by atoms with E-state index in [1.54, 1.807) is 0 Å². The van der Waals surface area contributed by atoms with Gasteiger partial charge in [0.1, 0.15) is 4.21 Å². The van der Waals surface area contributed by atoms with Gasteiger partial charge in [-0.25, -0.2) is 0 Å². The fraction of sp³-hybridized carbons (Fsp3) is 0.500. The smallest absolute Gasteiger partial charge is 0.114 e. The molecule has 68 valence electrons.